The summed E-state index contributed by atoms with van der Waals surface area (Å²) in [6.45, 7) is 3.37. The Balaban J connectivity index is 1.38. The highest BCUT2D eigenvalue weighted by molar-refractivity contribution is 6.32. The van der Waals surface area contributed by atoms with Gasteiger partial charge in [-0.3, -0.25) is 19.2 Å². The minimum absolute atomic E-state index is 0.0366. The van der Waals surface area contributed by atoms with Gasteiger partial charge in [0.15, 0.2) is 0 Å². The molecule has 2 heterocycles. The largest absolute Gasteiger partial charge is 0.573 e. The van der Waals surface area contributed by atoms with Gasteiger partial charge in [-0.15, -0.1) is 13.2 Å². The van der Waals surface area contributed by atoms with Crippen molar-refractivity contribution in [3.8, 4) is 11.5 Å². The van der Waals surface area contributed by atoms with Gasteiger partial charge in [0.2, 0.25) is 23.6 Å². The van der Waals surface area contributed by atoms with Crippen LogP contribution in [-0.2, 0) is 19.2 Å². The number of aromatic hydroxyl groups is 1. The van der Waals surface area contributed by atoms with Crippen LogP contribution in [0.2, 0.25) is 5.02 Å². The van der Waals surface area contributed by atoms with Crippen LogP contribution in [0.4, 0.5) is 24.5 Å². The van der Waals surface area contributed by atoms with Gasteiger partial charge in [-0.2, -0.15) is 0 Å². The second kappa shape index (κ2) is 10.7. The predicted molar refractivity (Wildman–Crippen MR) is 165 cm³/mol. The Bertz CT molecular complexity index is 1900. The van der Waals surface area contributed by atoms with E-state index in [0.717, 1.165) is 33.6 Å². The first kappa shape index (κ1) is 31.0. The molecular formula is C35H28ClF3N2O6. The molecule has 2 aliphatic carbocycles. The third-order valence-electron chi connectivity index (χ3n) is 10.2. The van der Waals surface area contributed by atoms with E-state index in [2.05, 4.69) is 4.74 Å². The number of nitrogens with zero attached hydrogens (tertiary/aromatic N) is 2. The standard InChI is InChI=1S/C35H28ClF3N2O6/c1-17-8-9-19(14-26(17)36)40-30(43)22-12-11-21-23(28(22)32(40)45)16-25-31(44)41(18-6-4-3-5-7-18)33(46)34(25,2)29(21)24-15-20(10-13-27(24)42)47-35(37,38)39/h3-11,13-15,22-23,25,28-29,42H,12,16H2,1-2H3. The molecule has 3 aromatic rings. The van der Waals surface area contributed by atoms with Gasteiger partial charge in [0.05, 0.1) is 34.5 Å². The van der Waals surface area contributed by atoms with Crippen LogP contribution in [0.15, 0.2) is 78.4 Å². The molecule has 0 bridgehead atoms. The molecule has 3 fully saturated rings. The lowest BCUT2D eigenvalue weighted by Gasteiger charge is -2.49. The van der Waals surface area contributed by atoms with Gasteiger partial charge in [-0.25, -0.2) is 9.80 Å². The number of imide groups is 2. The van der Waals surface area contributed by atoms with E-state index in [1.165, 1.54) is 0 Å². The van der Waals surface area contributed by atoms with Gasteiger partial charge in [-0.1, -0.05) is 47.5 Å². The Morgan fingerprint density at radius 2 is 1.62 bits per heavy atom. The summed E-state index contributed by atoms with van der Waals surface area (Å²) in [5.74, 6) is -7.64. The van der Waals surface area contributed by atoms with Gasteiger partial charge >= 0.3 is 6.36 Å². The maximum atomic E-state index is 14.4. The normalized spacial score (nSPS) is 28.6. The van der Waals surface area contributed by atoms with Gasteiger partial charge in [0, 0.05) is 16.5 Å². The molecule has 0 radical (unpaired) electrons. The van der Waals surface area contributed by atoms with Gasteiger partial charge in [0.25, 0.3) is 0 Å². The maximum absolute atomic E-state index is 14.4. The maximum Gasteiger partial charge on any atom is 0.573 e. The second-order valence-electron chi connectivity index (χ2n) is 12.7. The fourth-order valence-electron chi connectivity index (χ4n) is 8.12. The number of carbonyl (C=O) groups is 4. The van der Waals surface area contributed by atoms with Gasteiger partial charge < -0.3 is 9.84 Å². The third kappa shape index (κ3) is 4.65. The minimum Gasteiger partial charge on any atom is -0.508 e. The van der Waals surface area contributed by atoms with Crippen molar-refractivity contribution in [2.45, 2.75) is 39.0 Å². The highest BCUT2D eigenvalue weighted by Crippen LogP contribution is 2.64. The summed E-state index contributed by atoms with van der Waals surface area (Å²) in [4.78, 5) is 58.8. The number of allylic oxidation sites excluding steroid dienone is 2. The van der Waals surface area contributed by atoms with Crippen molar-refractivity contribution >= 4 is 46.6 Å². The Hall–Kier alpha value is -4.64. The molecule has 4 aliphatic rings. The first-order chi connectivity index (χ1) is 22.2. The number of rotatable bonds is 4. The lowest BCUT2D eigenvalue weighted by molar-refractivity contribution is -0.274. The summed E-state index contributed by atoms with van der Waals surface area (Å²) in [5.41, 5.74) is 0.274. The van der Waals surface area contributed by atoms with Crippen molar-refractivity contribution in [3.05, 3.63) is 94.5 Å². The smallest absolute Gasteiger partial charge is 0.508 e. The van der Waals surface area contributed by atoms with E-state index < -0.39 is 76.5 Å². The number of hydrogen-bond acceptors (Lipinski definition) is 6. The predicted octanol–water partition coefficient (Wildman–Crippen LogP) is 6.69. The average Bonchev–Trinajstić information content (AvgIpc) is 3.39. The number of carbonyl (C=O) groups excluding carboxylic acids is 4. The van der Waals surface area contributed by atoms with Crippen LogP contribution >= 0.6 is 11.6 Å². The topological polar surface area (TPSA) is 104 Å². The number of para-hydroxylation sites is 1. The highest BCUT2D eigenvalue weighted by Gasteiger charge is 2.68. The molecule has 6 atom stereocenters. The van der Waals surface area contributed by atoms with E-state index >= 15 is 0 Å². The number of phenolic OH excluding ortho intramolecular Hbond substituents is 1. The fraction of sp³-hybridized carbons (Fsp3) is 0.314. The molecule has 1 N–H and O–H groups in total. The number of hydrogen-bond donors (Lipinski definition) is 1. The van der Waals surface area contributed by atoms with E-state index in [1.54, 1.807) is 68.5 Å². The van der Waals surface area contributed by atoms with Crippen molar-refractivity contribution in [1.29, 1.82) is 0 Å². The molecule has 1 saturated carbocycles. The third-order valence-corrected chi connectivity index (χ3v) is 10.7. The van der Waals surface area contributed by atoms with Crippen LogP contribution in [0, 0.1) is 36.0 Å². The molecule has 47 heavy (non-hydrogen) atoms. The molecule has 2 aliphatic heterocycles. The summed E-state index contributed by atoms with van der Waals surface area (Å²) in [6.07, 6.45) is -3.14. The summed E-state index contributed by atoms with van der Waals surface area (Å²) in [5, 5.41) is 11.5. The van der Waals surface area contributed by atoms with Gasteiger partial charge in [-0.05, 0) is 80.6 Å². The zero-order valence-electron chi connectivity index (χ0n) is 25.1. The number of alkyl halides is 3. The first-order valence-electron chi connectivity index (χ1n) is 15.1. The Kier molecular flexibility index (Phi) is 7.05. The van der Waals surface area contributed by atoms with E-state index in [4.69, 9.17) is 11.6 Å². The Morgan fingerprint density at radius 3 is 2.30 bits per heavy atom. The van der Waals surface area contributed by atoms with E-state index in [1.807, 2.05) is 0 Å². The SMILES string of the molecule is Cc1ccc(N2C(=O)C3CC=C4C(CC5C(=O)N(c6ccccc6)C(=O)C5(C)C4c4cc(OC(F)(F)F)ccc4O)C3C2=O)cc1Cl. The number of phenols is 1. The van der Waals surface area contributed by atoms with Crippen molar-refractivity contribution in [3.63, 3.8) is 0 Å². The summed E-state index contributed by atoms with van der Waals surface area (Å²) in [6, 6.07) is 16.2. The molecule has 7 rings (SSSR count). The number of ether oxygens (including phenoxy) is 1. The zero-order valence-corrected chi connectivity index (χ0v) is 25.9. The number of halogens is 4. The molecular weight excluding hydrogens is 637 g/mol. The van der Waals surface area contributed by atoms with Crippen molar-refractivity contribution < 1.29 is 42.2 Å². The molecule has 3 aromatic carbocycles. The number of benzene rings is 3. The molecule has 12 heteroatoms. The van der Waals surface area contributed by atoms with E-state index in [9.17, 15) is 37.5 Å². The lowest BCUT2D eigenvalue weighted by atomic mass is 9.51. The molecule has 8 nitrogen and oxygen atoms in total. The molecule has 2 saturated heterocycles. The number of aryl methyl sites for hydroxylation is 1. The van der Waals surface area contributed by atoms with Crippen molar-refractivity contribution in [2.75, 3.05) is 9.80 Å². The minimum atomic E-state index is -5.03. The van der Waals surface area contributed by atoms with E-state index in [0.29, 0.717) is 22.0 Å². The van der Waals surface area contributed by atoms with Gasteiger partial charge in [0.1, 0.15) is 11.5 Å². The van der Waals surface area contributed by atoms with Crippen LogP contribution < -0.4 is 14.5 Å². The van der Waals surface area contributed by atoms with E-state index in [-0.39, 0.29) is 18.4 Å². The second-order valence-corrected chi connectivity index (χ2v) is 13.1. The van der Waals surface area contributed by atoms with Crippen LogP contribution in [0.25, 0.3) is 0 Å². The van der Waals surface area contributed by atoms with Crippen LogP contribution in [0.1, 0.15) is 36.8 Å². The quantitative estimate of drug-likeness (QED) is 0.246. The average molecular weight is 665 g/mol. The summed E-state index contributed by atoms with van der Waals surface area (Å²) in [7, 11) is 0. The molecule has 242 valence electrons. The molecule has 0 aromatic heterocycles. The summed E-state index contributed by atoms with van der Waals surface area (Å²) < 4.78 is 44.1. The molecule has 6 unspecified atom stereocenters. The lowest BCUT2D eigenvalue weighted by Crippen LogP contribution is -2.49. The van der Waals surface area contributed by atoms with Crippen LogP contribution in [0.3, 0.4) is 0 Å². The van der Waals surface area contributed by atoms with Crippen molar-refractivity contribution in [1.82, 2.24) is 0 Å². The first-order valence-corrected chi connectivity index (χ1v) is 15.5. The Labute approximate surface area is 272 Å². The number of anilines is 2. The molecule has 0 spiro atoms. The zero-order chi connectivity index (χ0) is 33.6. The van der Waals surface area contributed by atoms with Crippen LogP contribution in [-0.4, -0.2) is 35.1 Å². The monoisotopic (exact) mass is 664 g/mol. The molecule has 4 amide bonds. The van der Waals surface area contributed by atoms with Crippen molar-refractivity contribution in [2.24, 2.45) is 29.1 Å². The van der Waals surface area contributed by atoms with Crippen LogP contribution in [0.5, 0.6) is 11.5 Å². The number of amides is 4. The highest BCUT2D eigenvalue weighted by atomic mass is 35.5. The summed E-state index contributed by atoms with van der Waals surface area (Å²) >= 11 is 6.34. The fourth-order valence-corrected chi connectivity index (χ4v) is 8.29. The number of fused-ring (bicyclic) bond motifs is 4. The Morgan fingerprint density at radius 1 is 0.894 bits per heavy atom.